The number of H-pyrrole nitrogens is 2. The van der Waals surface area contributed by atoms with Crippen LogP contribution in [-0.2, 0) is 0 Å². The highest BCUT2D eigenvalue weighted by molar-refractivity contribution is 6.06. The van der Waals surface area contributed by atoms with Crippen molar-refractivity contribution in [2.75, 3.05) is 38.1 Å². The van der Waals surface area contributed by atoms with Gasteiger partial charge in [-0.05, 0) is 69.6 Å². The van der Waals surface area contributed by atoms with E-state index in [0.29, 0.717) is 11.7 Å². The molecule has 0 spiro atoms. The Morgan fingerprint density at radius 2 is 1.86 bits per heavy atom. The summed E-state index contributed by atoms with van der Waals surface area (Å²) < 4.78 is 6.04. The molecule has 180 valence electrons. The van der Waals surface area contributed by atoms with Crippen LogP contribution in [0.4, 0.5) is 5.69 Å². The molecule has 7 heteroatoms. The summed E-state index contributed by atoms with van der Waals surface area (Å²) in [4.78, 5) is 29.4. The normalized spacial score (nSPS) is 16.7. The second kappa shape index (κ2) is 8.57. The van der Waals surface area contributed by atoms with Gasteiger partial charge in [0, 0.05) is 48.7 Å². The van der Waals surface area contributed by atoms with Gasteiger partial charge in [-0.3, -0.25) is 4.79 Å². The van der Waals surface area contributed by atoms with Crippen LogP contribution >= 0.6 is 0 Å². The van der Waals surface area contributed by atoms with Crippen LogP contribution < -0.4 is 9.64 Å². The number of ether oxygens (including phenoxy) is 1. The number of carbonyl (C=O) groups excluding carboxylic acids is 1. The number of piperazine rings is 1. The maximum absolute atomic E-state index is 12.7. The minimum atomic E-state index is 0.0296. The number of benzene rings is 2. The van der Waals surface area contributed by atoms with Gasteiger partial charge in [0.15, 0.2) is 11.6 Å². The topological polar surface area (TPSA) is 77.3 Å². The third-order valence-corrected chi connectivity index (χ3v) is 7.06. The summed E-state index contributed by atoms with van der Waals surface area (Å²) in [6, 6.07) is 14.5. The average Bonchev–Trinajstić information content (AvgIpc) is 3.43. The molecule has 1 saturated carbocycles. The van der Waals surface area contributed by atoms with Crippen molar-refractivity contribution < 1.29 is 9.53 Å². The Hall–Kier alpha value is -3.58. The molecule has 0 amide bonds. The zero-order valence-corrected chi connectivity index (χ0v) is 20.5. The highest BCUT2D eigenvalue weighted by Gasteiger charge is 2.26. The number of likely N-dealkylation sites (N-methyl/N-ethyl adjacent to an activating group) is 1. The molecule has 1 aliphatic carbocycles. The van der Waals surface area contributed by atoms with Gasteiger partial charge in [-0.25, -0.2) is 4.98 Å². The molecule has 4 aromatic rings. The molecule has 2 aromatic carbocycles. The molecule has 0 radical (unpaired) electrons. The quantitative estimate of drug-likeness (QED) is 0.388. The molecule has 1 saturated heterocycles. The molecular weight excluding hydrogens is 438 g/mol. The van der Waals surface area contributed by atoms with E-state index in [4.69, 9.17) is 9.72 Å². The fourth-order valence-electron chi connectivity index (χ4n) is 5.01. The molecular formula is C28H31N5O2. The molecule has 0 atom stereocenters. The zero-order chi connectivity index (χ0) is 24.1. The molecule has 0 bridgehead atoms. The van der Waals surface area contributed by atoms with Crippen molar-refractivity contribution in [1.29, 1.82) is 0 Å². The largest absolute Gasteiger partial charge is 0.490 e. The van der Waals surface area contributed by atoms with Crippen molar-refractivity contribution in [3.05, 3.63) is 53.7 Å². The summed E-state index contributed by atoms with van der Waals surface area (Å²) >= 11 is 0. The van der Waals surface area contributed by atoms with Crippen molar-refractivity contribution in [3.63, 3.8) is 0 Å². The zero-order valence-electron chi connectivity index (χ0n) is 20.5. The second-order valence-electron chi connectivity index (χ2n) is 9.85. The Labute approximate surface area is 205 Å². The number of hydrogen-bond acceptors (Lipinski definition) is 5. The number of carbonyl (C=O) groups is 1. The number of Topliss-reactive ketones (excluding diaryl/α,β-unsaturated/α-hetero) is 1. The number of rotatable bonds is 6. The van der Waals surface area contributed by atoms with Gasteiger partial charge in [0.2, 0.25) is 0 Å². The van der Waals surface area contributed by atoms with Gasteiger partial charge in [-0.1, -0.05) is 12.1 Å². The summed E-state index contributed by atoms with van der Waals surface area (Å²) in [6.07, 6.45) is 2.52. The SMILES string of the molecule is CC(=O)c1c(C)[nH]c(-c2nc3ccc(N4CCN(C)CC4)cc3[nH]2)c1-c1cccc(OC2CC2)c1. The highest BCUT2D eigenvalue weighted by atomic mass is 16.5. The molecule has 0 unspecified atom stereocenters. The minimum Gasteiger partial charge on any atom is -0.490 e. The van der Waals surface area contributed by atoms with E-state index in [1.165, 1.54) is 5.69 Å². The lowest BCUT2D eigenvalue weighted by atomic mass is 9.97. The van der Waals surface area contributed by atoms with Crippen molar-refractivity contribution in [1.82, 2.24) is 19.9 Å². The number of nitrogens with zero attached hydrogens (tertiary/aromatic N) is 3. The second-order valence-corrected chi connectivity index (χ2v) is 9.85. The Morgan fingerprint density at radius 1 is 1.06 bits per heavy atom. The van der Waals surface area contributed by atoms with Crippen LogP contribution in [0.2, 0.25) is 0 Å². The molecule has 2 aromatic heterocycles. The van der Waals surface area contributed by atoms with E-state index in [-0.39, 0.29) is 5.78 Å². The van der Waals surface area contributed by atoms with Gasteiger partial charge in [0.1, 0.15) is 5.75 Å². The van der Waals surface area contributed by atoms with Crippen molar-refractivity contribution >= 4 is 22.5 Å². The van der Waals surface area contributed by atoms with E-state index >= 15 is 0 Å². The lowest BCUT2D eigenvalue weighted by Gasteiger charge is -2.34. The lowest BCUT2D eigenvalue weighted by molar-refractivity contribution is 0.101. The monoisotopic (exact) mass is 469 g/mol. The molecule has 6 rings (SSSR count). The number of anilines is 1. The van der Waals surface area contributed by atoms with E-state index in [1.807, 2.05) is 31.2 Å². The van der Waals surface area contributed by atoms with Crippen LogP contribution in [0.1, 0.15) is 35.8 Å². The summed E-state index contributed by atoms with van der Waals surface area (Å²) in [5.74, 6) is 1.60. The van der Waals surface area contributed by atoms with Gasteiger partial charge < -0.3 is 24.5 Å². The number of ketones is 1. The number of imidazole rings is 1. The van der Waals surface area contributed by atoms with Crippen molar-refractivity contribution in [3.8, 4) is 28.4 Å². The molecule has 3 heterocycles. The Morgan fingerprint density at radius 3 is 2.60 bits per heavy atom. The number of nitrogens with one attached hydrogen (secondary N) is 2. The fraction of sp³-hybridized carbons (Fsp3) is 0.357. The van der Waals surface area contributed by atoms with Crippen molar-refractivity contribution in [2.45, 2.75) is 32.8 Å². The molecule has 7 nitrogen and oxygen atoms in total. The van der Waals surface area contributed by atoms with E-state index in [2.05, 4.69) is 45.0 Å². The van der Waals surface area contributed by atoms with Gasteiger partial charge >= 0.3 is 0 Å². The summed E-state index contributed by atoms with van der Waals surface area (Å²) in [6.45, 7) is 7.73. The van der Waals surface area contributed by atoms with E-state index in [9.17, 15) is 4.79 Å². The molecule has 2 N–H and O–H groups in total. The molecule has 1 aliphatic heterocycles. The van der Waals surface area contributed by atoms with Gasteiger partial charge in [0.25, 0.3) is 0 Å². The minimum absolute atomic E-state index is 0.0296. The number of hydrogen-bond donors (Lipinski definition) is 2. The van der Waals surface area contributed by atoms with Gasteiger partial charge in [-0.2, -0.15) is 0 Å². The molecule has 35 heavy (non-hydrogen) atoms. The Bertz CT molecular complexity index is 1410. The average molecular weight is 470 g/mol. The van der Waals surface area contributed by atoms with Gasteiger partial charge in [0.05, 0.1) is 22.8 Å². The first-order chi connectivity index (χ1) is 17.0. The number of aromatic amines is 2. The first kappa shape index (κ1) is 21.9. The third-order valence-electron chi connectivity index (χ3n) is 7.06. The first-order valence-corrected chi connectivity index (χ1v) is 12.4. The standard InChI is InChI=1S/C28H31N5O2/c1-17-25(18(2)34)26(19-5-4-6-22(15-19)35-21-8-9-21)27(29-17)28-30-23-10-7-20(16-24(23)31-28)33-13-11-32(3)12-14-33/h4-7,10,15-16,21,29H,8-9,11-14H2,1-3H3,(H,30,31). The Balaban J connectivity index is 1.42. The van der Waals surface area contributed by atoms with E-state index in [1.54, 1.807) is 6.92 Å². The molecule has 2 aliphatic rings. The fourth-order valence-corrected chi connectivity index (χ4v) is 5.01. The van der Waals surface area contributed by atoms with Crippen LogP contribution in [0, 0.1) is 6.92 Å². The Kier molecular flexibility index (Phi) is 5.37. The van der Waals surface area contributed by atoms with Crippen LogP contribution in [0.15, 0.2) is 42.5 Å². The molecule has 2 fully saturated rings. The number of aromatic nitrogens is 3. The lowest BCUT2D eigenvalue weighted by Crippen LogP contribution is -2.44. The van der Waals surface area contributed by atoms with E-state index in [0.717, 1.165) is 84.1 Å². The van der Waals surface area contributed by atoms with Crippen LogP contribution in [0.25, 0.3) is 33.7 Å². The van der Waals surface area contributed by atoms with Crippen LogP contribution in [0.5, 0.6) is 5.75 Å². The highest BCUT2D eigenvalue weighted by Crippen LogP contribution is 2.39. The maximum atomic E-state index is 12.7. The maximum Gasteiger partial charge on any atom is 0.162 e. The predicted molar refractivity (Wildman–Crippen MR) is 139 cm³/mol. The summed E-state index contributed by atoms with van der Waals surface area (Å²) in [7, 11) is 2.17. The summed E-state index contributed by atoms with van der Waals surface area (Å²) in [5.41, 5.74) is 7.29. The third kappa shape index (κ3) is 4.21. The summed E-state index contributed by atoms with van der Waals surface area (Å²) in [5, 5.41) is 0. The van der Waals surface area contributed by atoms with Crippen LogP contribution in [-0.4, -0.2) is 65.0 Å². The smallest absolute Gasteiger partial charge is 0.162 e. The first-order valence-electron chi connectivity index (χ1n) is 12.4. The van der Waals surface area contributed by atoms with Crippen molar-refractivity contribution in [2.24, 2.45) is 0 Å². The number of fused-ring (bicyclic) bond motifs is 1. The number of aryl methyl sites for hydroxylation is 1. The van der Waals surface area contributed by atoms with Crippen LogP contribution in [0.3, 0.4) is 0 Å². The van der Waals surface area contributed by atoms with E-state index < -0.39 is 0 Å². The van der Waals surface area contributed by atoms with Gasteiger partial charge in [-0.15, -0.1) is 0 Å². The predicted octanol–water partition coefficient (Wildman–Crippen LogP) is 5.03.